The molecule has 0 saturated heterocycles. The Hall–Kier alpha value is -1.61. The molecule has 3 nitrogen and oxygen atoms in total. The first-order valence-electron chi connectivity index (χ1n) is 6.01. The van der Waals surface area contributed by atoms with Gasteiger partial charge in [-0.15, -0.1) is 0 Å². The van der Waals surface area contributed by atoms with Crippen LogP contribution in [0.1, 0.15) is 22.5 Å². The van der Waals surface area contributed by atoms with Gasteiger partial charge in [-0.2, -0.15) is 0 Å². The molecule has 0 amide bonds. The molecule has 0 saturated carbocycles. The summed E-state index contributed by atoms with van der Waals surface area (Å²) in [5.74, 6) is 0. The van der Waals surface area contributed by atoms with Gasteiger partial charge in [0.2, 0.25) is 0 Å². The van der Waals surface area contributed by atoms with E-state index in [1.54, 1.807) is 6.33 Å². The van der Waals surface area contributed by atoms with Gasteiger partial charge in [0, 0.05) is 12.2 Å². The van der Waals surface area contributed by atoms with E-state index in [0.717, 1.165) is 30.9 Å². The number of nitrogens with one attached hydrogen (secondary N) is 2. The smallest absolute Gasteiger partial charge is 0.0925 e. The van der Waals surface area contributed by atoms with E-state index in [-0.39, 0.29) is 0 Å². The summed E-state index contributed by atoms with van der Waals surface area (Å²) in [4.78, 5) is 7.34. The highest BCUT2D eigenvalue weighted by Gasteiger charge is 1.99. The SMILES string of the molecule is Cc1cccc(CCNCc2nc[nH]c2C)c1. The van der Waals surface area contributed by atoms with E-state index >= 15 is 0 Å². The third kappa shape index (κ3) is 3.43. The molecule has 2 aromatic rings. The molecule has 0 atom stereocenters. The molecule has 0 unspecified atom stereocenters. The molecule has 1 aromatic carbocycles. The Labute approximate surface area is 102 Å². The topological polar surface area (TPSA) is 40.7 Å². The normalized spacial score (nSPS) is 10.7. The zero-order chi connectivity index (χ0) is 12.1. The van der Waals surface area contributed by atoms with Crippen molar-refractivity contribution < 1.29 is 0 Å². The molecule has 0 radical (unpaired) electrons. The standard InChI is InChI=1S/C14H19N3/c1-11-4-3-5-13(8-11)6-7-15-9-14-12(2)16-10-17-14/h3-5,8,10,15H,6-7,9H2,1-2H3,(H,16,17). The van der Waals surface area contributed by atoms with E-state index in [2.05, 4.69) is 46.5 Å². The van der Waals surface area contributed by atoms with Crippen LogP contribution in [0.15, 0.2) is 30.6 Å². The lowest BCUT2D eigenvalue weighted by Gasteiger charge is -2.04. The van der Waals surface area contributed by atoms with Crippen LogP contribution in [0.5, 0.6) is 0 Å². The number of benzene rings is 1. The first kappa shape index (κ1) is 11.9. The van der Waals surface area contributed by atoms with E-state index in [1.165, 1.54) is 11.1 Å². The molecule has 0 aliphatic rings. The van der Waals surface area contributed by atoms with Crippen LogP contribution in [-0.2, 0) is 13.0 Å². The Balaban J connectivity index is 1.75. The van der Waals surface area contributed by atoms with Crippen LogP contribution in [-0.4, -0.2) is 16.5 Å². The fourth-order valence-electron chi connectivity index (χ4n) is 1.87. The molecule has 2 rings (SSSR count). The second-order valence-electron chi connectivity index (χ2n) is 4.39. The van der Waals surface area contributed by atoms with E-state index in [9.17, 15) is 0 Å². The highest BCUT2D eigenvalue weighted by molar-refractivity contribution is 5.22. The van der Waals surface area contributed by atoms with Crippen molar-refractivity contribution in [3.63, 3.8) is 0 Å². The highest BCUT2D eigenvalue weighted by Crippen LogP contribution is 2.04. The quantitative estimate of drug-likeness (QED) is 0.773. The minimum absolute atomic E-state index is 0.834. The number of aromatic amines is 1. The Morgan fingerprint density at radius 1 is 1.29 bits per heavy atom. The van der Waals surface area contributed by atoms with Crippen molar-refractivity contribution in [2.24, 2.45) is 0 Å². The van der Waals surface area contributed by atoms with E-state index in [1.807, 2.05) is 6.92 Å². The lowest BCUT2D eigenvalue weighted by Crippen LogP contribution is -2.17. The van der Waals surface area contributed by atoms with Crippen molar-refractivity contribution in [1.29, 1.82) is 0 Å². The number of hydrogen-bond donors (Lipinski definition) is 2. The zero-order valence-electron chi connectivity index (χ0n) is 10.5. The Bertz CT molecular complexity index is 474. The molecule has 0 spiro atoms. The molecular formula is C14H19N3. The van der Waals surface area contributed by atoms with Crippen molar-refractivity contribution in [2.45, 2.75) is 26.8 Å². The summed E-state index contributed by atoms with van der Waals surface area (Å²) in [5, 5.41) is 3.41. The van der Waals surface area contributed by atoms with Crippen LogP contribution in [0.25, 0.3) is 0 Å². The maximum absolute atomic E-state index is 4.26. The summed E-state index contributed by atoms with van der Waals surface area (Å²) in [7, 11) is 0. The Morgan fingerprint density at radius 2 is 2.18 bits per heavy atom. The van der Waals surface area contributed by atoms with Crippen molar-refractivity contribution in [3.8, 4) is 0 Å². The number of aromatic nitrogens is 2. The number of nitrogens with zero attached hydrogens (tertiary/aromatic N) is 1. The van der Waals surface area contributed by atoms with Crippen molar-refractivity contribution in [2.75, 3.05) is 6.54 Å². The van der Waals surface area contributed by atoms with Crippen LogP contribution in [0.3, 0.4) is 0 Å². The van der Waals surface area contributed by atoms with Gasteiger partial charge in [0.05, 0.1) is 12.0 Å². The number of hydrogen-bond acceptors (Lipinski definition) is 2. The maximum atomic E-state index is 4.26. The Kier molecular flexibility index (Phi) is 3.94. The molecule has 0 aliphatic carbocycles. The van der Waals surface area contributed by atoms with Crippen LogP contribution in [0, 0.1) is 13.8 Å². The van der Waals surface area contributed by atoms with Gasteiger partial charge in [0.1, 0.15) is 0 Å². The van der Waals surface area contributed by atoms with Gasteiger partial charge in [0.25, 0.3) is 0 Å². The molecule has 2 N–H and O–H groups in total. The zero-order valence-corrected chi connectivity index (χ0v) is 10.5. The molecule has 17 heavy (non-hydrogen) atoms. The van der Waals surface area contributed by atoms with Crippen molar-refractivity contribution in [3.05, 3.63) is 53.1 Å². The highest BCUT2D eigenvalue weighted by atomic mass is 14.9. The van der Waals surface area contributed by atoms with Gasteiger partial charge in [-0.1, -0.05) is 29.8 Å². The molecule has 0 fully saturated rings. The van der Waals surface area contributed by atoms with Gasteiger partial charge in [0.15, 0.2) is 0 Å². The van der Waals surface area contributed by atoms with Crippen molar-refractivity contribution in [1.82, 2.24) is 15.3 Å². The van der Waals surface area contributed by atoms with E-state index < -0.39 is 0 Å². The van der Waals surface area contributed by atoms with E-state index in [4.69, 9.17) is 0 Å². The summed E-state index contributed by atoms with van der Waals surface area (Å²) in [6.07, 6.45) is 2.80. The molecule has 90 valence electrons. The van der Waals surface area contributed by atoms with Gasteiger partial charge >= 0.3 is 0 Å². The van der Waals surface area contributed by atoms with Gasteiger partial charge in [-0.25, -0.2) is 4.98 Å². The van der Waals surface area contributed by atoms with Gasteiger partial charge in [-0.3, -0.25) is 0 Å². The fraction of sp³-hybridized carbons (Fsp3) is 0.357. The fourth-order valence-corrected chi connectivity index (χ4v) is 1.87. The van der Waals surface area contributed by atoms with Gasteiger partial charge < -0.3 is 10.3 Å². The summed E-state index contributed by atoms with van der Waals surface area (Å²) in [6.45, 7) is 5.99. The molecule has 3 heteroatoms. The minimum Gasteiger partial charge on any atom is -0.348 e. The van der Waals surface area contributed by atoms with Crippen LogP contribution in [0.4, 0.5) is 0 Å². The molecule has 0 bridgehead atoms. The predicted molar refractivity (Wildman–Crippen MR) is 69.9 cm³/mol. The summed E-state index contributed by atoms with van der Waals surface area (Å²) in [5.41, 5.74) is 4.96. The van der Waals surface area contributed by atoms with E-state index in [0.29, 0.717) is 0 Å². The number of H-pyrrole nitrogens is 1. The molecule has 0 aliphatic heterocycles. The summed E-state index contributed by atoms with van der Waals surface area (Å²) < 4.78 is 0. The second-order valence-corrected chi connectivity index (χ2v) is 4.39. The number of imidazole rings is 1. The summed E-state index contributed by atoms with van der Waals surface area (Å²) >= 11 is 0. The van der Waals surface area contributed by atoms with Gasteiger partial charge in [-0.05, 0) is 32.4 Å². The summed E-state index contributed by atoms with van der Waals surface area (Å²) in [6, 6.07) is 8.66. The molecule has 1 aromatic heterocycles. The van der Waals surface area contributed by atoms with Crippen LogP contribution in [0.2, 0.25) is 0 Å². The largest absolute Gasteiger partial charge is 0.348 e. The lowest BCUT2D eigenvalue weighted by molar-refractivity contribution is 0.674. The second kappa shape index (κ2) is 5.64. The average Bonchev–Trinajstić information content (AvgIpc) is 2.71. The predicted octanol–water partition coefficient (Wildman–Crippen LogP) is 2.36. The third-order valence-electron chi connectivity index (χ3n) is 2.90. The number of rotatable bonds is 5. The third-order valence-corrected chi connectivity index (χ3v) is 2.90. The average molecular weight is 229 g/mol. The Morgan fingerprint density at radius 3 is 2.88 bits per heavy atom. The first-order valence-corrected chi connectivity index (χ1v) is 6.01. The maximum Gasteiger partial charge on any atom is 0.0925 e. The first-order chi connectivity index (χ1) is 8.25. The number of aryl methyl sites for hydroxylation is 2. The monoisotopic (exact) mass is 229 g/mol. The lowest BCUT2D eigenvalue weighted by atomic mass is 10.1. The minimum atomic E-state index is 0.834. The molecular weight excluding hydrogens is 210 g/mol. The van der Waals surface area contributed by atoms with Crippen LogP contribution >= 0.6 is 0 Å². The molecule has 1 heterocycles. The van der Waals surface area contributed by atoms with Crippen LogP contribution < -0.4 is 5.32 Å². The van der Waals surface area contributed by atoms with Crippen molar-refractivity contribution >= 4 is 0 Å².